The zero-order chi connectivity index (χ0) is 11.8. The van der Waals surface area contributed by atoms with E-state index >= 15 is 0 Å². The Hall–Kier alpha value is -1.91. The number of fused-ring (bicyclic) bond motifs is 2. The quantitative estimate of drug-likeness (QED) is 0.733. The average Bonchev–Trinajstić information content (AvgIpc) is 2.35. The van der Waals surface area contributed by atoms with Crippen molar-refractivity contribution < 1.29 is 14.3 Å². The van der Waals surface area contributed by atoms with Gasteiger partial charge in [-0.1, -0.05) is 0 Å². The van der Waals surface area contributed by atoms with E-state index in [9.17, 15) is 4.79 Å². The zero-order valence-electron chi connectivity index (χ0n) is 9.66. The lowest BCUT2D eigenvalue weighted by molar-refractivity contribution is -0.116. The molecule has 2 aliphatic rings. The molecule has 1 aromatic rings. The highest BCUT2D eigenvalue weighted by atomic mass is 16.6. The highest BCUT2D eigenvalue weighted by Gasteiger charge is 2.24. The van der Waals surface area contributed by atoms with Gasteiger partial charge in [0.25, 0.3) is 0 Å². The Bertz CT molecular complexity index is 473. The van der Waals surface area contributed by atoms with Crippen LogP contribution in [0, 0.1) is 0 Å². The van der Waals surface area contributed by atoms with Gasteiger partial charge >= 0.3 is 0 Å². The van der Waals surface area contributed by atoms with Gasteiger partial charge < -0.3 is 19.7 Å². The van der Waals surface area contributed by atoms with Crippen molar-refractivity contribution in [1.29, 1.82) is 0 Å². The van der Waals surface area contributed by atoms with Crippen LogP contribution in [-0.2, 0) is 4.79 Å². The third kappa shape index (κ3) is 1.67. The molecule has 0 aromatic heterocycles. The molecule has 17 heavy (non-hydrogen) atoms. The molecule has 0 saturated heterocycles. The third-order valence-corrected chi connectivity index (χ3v) is 2.98. The minimum Gasteiger partial charge on any atom is -0.486 e. The van der Waals surface area contributed by atoms with Crippen molar-refractivity contribution in [2.24, 2.45) is 0 Å². The van der Waals surface area contributed by atoms with Crippen molar-refractivity contribution in [3.8, 4) is 11.5 Å². The minimum atomic E-state index is 0.0458. The van der Waals surface area contributed by atoms with E-state index in [1.54, 1.807) is 11.8 Å². The van der Waals surface area contributed by atoms with Crippen molar-refractivity contribution in [3.63, 3.8) is 0 Å². The van der Waals surface area contributed by atoms with Crippen LogP contribution >= 0.6 is 0 Å². The van der Waals surface area contributed by atoms with Crippen LogP contribution in [0.3, 0.4) is 0 Å². The molecule has 1 N–H and O–H groups in total. The van der Waals surface area contributed by atoms with Crippen LogP contribution in [0.15, 0.2) is 12.1 Å². The topological polar surface area (TPSA) is 50.8 Å². The summed E-state index contributed by atoms with van der Waals surface area (Å²) < 4.78 is 11.0. The molecule has 0 spiro atoms. The van der Waals surface area contributed by atoms with Crippen LogP contribution in [0.5, 0.6) is 11.5 Å². The Morgan fingerprint density at radius 2 is 2.00 bits per heavy atom. The summed E-state index contributed by atoms with van der Waals surface area (Å²) in [6.07, 6.45) is 0. The smallest absolute Gasteiger partial charge is 0.223 e. The summed E-state index contributed by atoms with van der Waals surface area (Å²) in [7, 11) is 0. The van der Waals surface area contributed by atoms with Gasteiger partial charge in [-0.25, -0.2) is 0 Å². The molecule has 3 rings (SSSR count). The van der Waals surface area contributed by atoms with Crippen LogP contribution in [-0.4, -0.2) is 32.2 Å². The van der Waals surface area contributed by atoms with Gasteiger partial charge in [0, 0.05) is 32.1 Å². The largest absolute Gasteiger partial charge is 0.486 e. The first-order valence-corrected chi connectivity index (χ1v) is 5.71. The van der Waals surface area contributed by atoms with E-state index < -0.39 is 0 Å². The summed E-state index contributed by atoms with van der Waals surface area (Å²) in [4.78, 5) is 13.3. The monoisotopic (exact) mass is 234 g/mol. The summed E-state index contributed by atoms with van der Waals surface area (Å²) in [5, 5.41) is 3.27. The van der Waals surface area contributed by atoms with Crippen LogP contribution in [0.1, 0.15) is 6.92 Å². The summed E-state index contributed by atoms with van der Waals surface area (Å²) in [5.74, 6) is 1.50. The number of carbonyl (C=O) groups is 1. The molecule has 0 unspecified atom stereocenters. The van der Waals surface area contributed by atoms with Gasteiger partial charge in [-0.05, 0) is 0 Å². The first-order chi connectivity index (χ1) is 8.25. The first kappa shape index (κ1) is 10.3. The summed E-state index contributed by atoms with van der Waals surface area (Å²) in [6.45, 7) is 4.14. The van der Waals surface area contributed by atoms with Crippen molar-refractivity contribution in [3.05, 3.63) is 12.1 Å². The molecule has 0 aliphatic carbocycles. The molecule has 90 valence electrons. The fourth-order valence-electron chi connectivity index (χ4n) is 2.19. The number of hydrogen-bond donors (Lipinski definition) is 1. The van der Waals surface area contributed by atoms with E-state index in [-0.39, 0.29) is 5.91 Å². The predicted molar refractivity (Wildman–Crippen MR) is 63.9 cm³/mol. The second-order valence-corrected chi connectivity index (χ2v) is 4.11. The van der Waals surface area contributed by atoms with Gasteiger partial charge in [0.1, 0.15) is 13.2 Å². The number of anilines is 2. The molecule has 2 heterocycles. The number of nitrogens with one attached hydrogen (secondary N) is 1. The lowest BCUT2D eigenvalue weighted by Gasteiger charge is -2.31. The van der Waals surface area contributed by atoms with Gasteiger partial charge in [0.15, 0.2) is 11.5 Å². The minimum absolute atomic E-state index is 0.0458. The molecular formula is C12H14N2O3. The Morgan fingerprint density at radius 3 is 2.71 bits per heavy atom. The molecule has 5 heteroatoms. The molecule has 1 aromatic carbocycles. The van der Waals surface area contributed by atoms with Crippen LogP contribution in [0.4, 0.5) is 11.4 Å². The van der Waals surface area contributed by atoms with Gasteiger partial charge in [0.2, 0.25) is 5.91 Å². The maximum atomic E-state index is 11.6. The number of carbonyl (C=O) groups excluding carboxylic acids is 1. The molecule has 0 fully saturated rings. The zero-order valence-corrected chi connectivity index (χ0v) is 9.66. The van der Waals surface area contributed by atoms with E-state index in [2.05, 4.69) is 5.32 Å². The molecule has 1 amide bonds. The van der Waals surface area contributed by atoms with Gasteiger partial charge in [-0.2, -0.15) is 0 Å². The van der Waals surface area contributed by atoms with Crippen LogP contribution in [0.25, 0.3) is 0 Å². The Morgan fingerprint density at radius 1 is 1.29 bits per heavy atom. The van der Waals surface area contributed by atoms with Crippen molar-refractivity contribution >= 4 is 17.3 Å². The maximum absolute atomic E-state index is 11.6. The Kier molecular flexibility index (Phi) is 2.31. The number of rotatable bonds is 0. The number of hydrogen-bond acceptors (Lipinski definition) is 4. The van der Waals surface area contributed by atoms with Crippen molar-refractivity contribution in [2.75, 3.05) is 36.5 Å². The normalized spacial score (nSPS) is 17.1. The molecule has 0 saturated carbocycles. The van der Waals surface area contributed by atoms with E-state index in [0.29, 0.717) is 25.5 Å². The highest BCUT2D eigenvalue weighted by molar-refractivity contribution is 5.97. The van der Waals surface area contributed by atoms with Crippen molar-refractivity contribution in [2.45, 2.75) is 6.92 Å². The van der Waals surface area contributed by atoms with Crippen molar-refractivity contribution in [1.82, 2.24) is 0 Å². The van der Waals surface area contributed by atoms with E-state index in [0.717, 1.165) is 23.7 Å². The lowest BCUT2D eigenvalue weighted by Crippen LogP contribution is -2.37. The standard InChI is InChI=1S/C12H14N2O3/c1-8(15)14-3-2-13-9-6-11-12(7-10(9)14)17-5-4-16-11/h6-7,13H,2-5H2,1H3. The summed E-state index contributed by atoms with van der Waals surface area (Å²) in [5.41, 5.74) is 1.80. The average molecular weight is 234 g/mol. The first-order valence-electron chi connectivity index (χ1n) is 5.71. The molecule has 0 radical (unpaired) electrons. The molecule has 2 aliphatic heterocycles. The molecule has 0 bridgehead atoms. The molecular weight excluding hydrogens is 220 g/mol. The maximum Gasteiger partial charge on any atom is 0.223 e. The summed E-state index contributed by atoms with van der Waals surface area (Å²) >= 11 is 0. The number of amides is 1. The number of nitrogens with zero attached hydrogens (tertiary/aromatic N) is 1. The highest BCUT2D eigenvalue weighted by Crippen LogP contribution is 2.41. The summed E-state index contributed by atoms with van der Waals surface area (Å²) in [6, 6.07) is 3.77. The number of benzene rings is 1. The van der Waals surface area contributed by atoms with E-state index in [1.807, 2.05) is 12.1 Å². The Labute approximate surface area is 99.3 Å². The molecule has 5 nitrogen and oxygen atoms in total. The fourth-order valence-corrected chi connectivity index (χ4v) is 2.19. The molecule has 0 atom stereocenters. The Balaban J connectivity index is 2.07. The van der Waals surface area contributed by atoms with Crippen LogP contribution < -0.4 is 19.7 Å². The van der Waals surface area contributed by atoms with E-state index in [4.69, 9.17) is 9.47 Å². The lowest BCUT2D eigenvalue weighted by atomic mass is 10.1. The van der Waals surface area contributed by atoms with Gasteiger partial charge in [-0.15, -0.1) is 0 Å². The van der Waals surface area contributed by atoms with Gasteiger partial charge in [0.05, 0.1) is 11.4 Å². The predicted octanol–water partition coefficient (Wildman–Crippen LogP) is 1.24. The fraction of sp³-hybridized carbons (Fsp3) is 0.417. The third-order valence-electron chi connectivity index (χ3n) is 2.98. The second kappa shape index (κ2) is 3.84. The van der Waals surface area contributed by atoms with Crippen LogP contribution in [0.2, 0.25) is 0 Å². The van der Waals surface area contributed by atoms with Gasteiger partial charge in [-0.3, -0.25) is 4.79 Å². The van der Waals surface area contributed by atoms with E-state index in [1.165, 1.54) is 0 Å². The second-order valence-electron chi connectivity index (χ2n) is 4.11. The number of ether oxygens (including phenoxy) is 2. The SMILES string of the molecule is CC(=O)N1CCNc2cc3c(cc21)OCCO3.